The quantitative estimate of drug-likeness (QED) is 0.302. The predicted octanol–water partition coefficient (Wildman–Crippen LogP) is 3.00. The van der Waals surface area contributed by atoms with Crippen molar-refractivity contribution in [3.63, 3.8) is 0 Å². The number of pyridine rings is 1. The van der Waals surface area contributed by atoms with Crippen molar-refractivity contribution in [1.82, 2.24) is 15.2 Å². The summed E-state index contributed by atoms with van der Waals surface area (Å²) in [5.74, 6) is 1.45. The minimum absolute atomic E-state index is 0.00373. The third-order valence-corrected chi connectivity index (χ3v) is 4.74. The van der Waals surface area contributed by atoms with E-state index in [9.17, 15) is 4.79 Å². The average Bonchev–Trinajstić information content (AvgIpc) is 2.72. The molecule has 1 aromatic heterocycles. The van der Waals surface area contributed by atoms with Crippen molar-refractivity contribution in [2.24, 2.45) is 10.9 Å². The average molecular weight is 391 g/mol. The summed E-state index contributed by atoms with van der Waals surface area (Å²) < 4.78 is 11.0. The van der Waals surface area contributed by atoms with E-state index in [0.29, 0.717) is 25.6 Å². The van der Waals surface area contributed by atoms with Gasteiger partial charge in [0.15, 0.2) is 5.96 Å². The van der Waals surface area contributed by atoms with Crippen LogP contribution in [0, 0.1) is 5.92 Å². The summed E-state index contributed by atoms with van der Waals surface area (Å²) in [5.41, 5.74) is 0.982. The Kier molecular flexibility index (Phi) is 9.59. The van der Waals surface area contributed by atoms with Gasteiger partial charge in [-0.25, -0.2) is 9.98 Å². The minimum Gasteiger partial charge on any atom is -0.477 e. The lowest BCUT2D eigenvalue weighted by atomic mass is 9.97. The van der Waals surface area contributed by atoms with E-state index in [2.05, 4.69) is 29.0 Å². The molecule has 0 aromatic carbocycles. The number of ether oxygens (including phenoxy) is 2. The van der Waals surface area contributed by atoms with Gasteiger partial charge in [0.05, 0.1) is 25.7 Å². The Bertz CT molecular complexity index is 628. The number of nitrogens with zero attached hydrogens (tertiary/aromatic N) is 3. The summed E-state index contributed by atoms with van der Waals surface area (Å²) in [5, 5.41) is 3.36. The maximum atomic E-state index is 11.9. The third-order valence-electron chi connectivity index (χ3n) is 4.74. The molecule has 1 aliphatic heterocycles. The van der Waals surface area contributed by atoms with Crippen LogP contribution in [-0.2, 0) is 16.1 Å². The van der Waals surface area contributed by atoms with E-state index >= 15 is 0 Å². The van der Waals surface area contributed by atoms with Crippen molar-refractivity contribution in [3.05, 3.63) is 23.9 Å². The standard InChI is InChI=1S/C21H34N4O3/c1-4-7-15-28-19-18(9-8-12-23-19)16-24-21(22-5-2)25-13-10-17(11-14-25)20(26)27-6-3/h8-9,12,17H,4-7,10-11,13-16H2,1-3H3,(H,22,24). The second-order valence-corrected chi connectivity index (χ2v) is 6.85. The molecule has 0 spiro atoms. The van der Waals surface area contributed by atoms with Gasteiger partial charge in [-0.3, -0.25) is 4.79 Å². The number of guanidine groups is 1. The first-order valence-corrected chi connectivity index (χ1v) is 10.5. The highest BCUT2D eigenvalue weighted by Gasteiger charge is 2.27. The number of carbonyl (C=O) groups excluding carboxylic acids is 1. The second-order valence-electron chi connectivity index (χ2n) is 6.85. The van der Waals surface area contributed by atoms with Crippen LogP contribution in [0.5, 0.6) is 5.88 Å². The van der Waals surface area contributed by atoms with Gasteiger partial charge in [-0.15, -0.1) is 0 Å². The molecule has 0 atom stereocenters. The topological polar surface area (TPSA) is 76.1 Å². The number of likely N-dealkylation sites (tertiary alicyclic amines) is 1. The van der Waals surface area contributed by atoms with Crippen LogP contribution < -0.4 is 10.1 Å². The molecular weight excluding hydrogens is 356 g/mol. The molecule has 0 radical (unpaired) electrons. The van der Waals surface area contributed by atoms with Crippen LogP contribution in [0.4, 0.5) is 0 Å². The molecule has 1 aromatic rings. The van der Waals surface area contributed by atoms with Crippen molar-refractivity contribution in [2.45, 2.75) is 53.0 Å². The summed E-state index contributed by atoms with van der Waals surface area (Å²) in [6, 6.07) is 3.92. The number of rotatable bonds is 9. The molecule has 1 N–H and O–H groups in total. The van der Waals surface area contributed by atoms with Gasteiger partial charge in [0.2, 0.25) is 5.88 Å². The first-order chi connectivity index (χ1) is 13.7. The van der Waals surface area contributed by atoms with E-state index in [-0.39, 0.29) is 11.9 Å². The second kappa shape index (κ2) is 12.2. The molecule has 156 valence electrons. The zero-order valence-corrected chi connectivity index (χ0v) is 17.4. The van der Waals surface area contributed by atoms with Crippen molar-refractivity contribution >= 4 is 11.9 Å². The fraction of sp³-hybridized carbons (Fsp3) is 0.667. The van der Waals surface area contributed by atoms with Gasteiger partial charge in [-0.1, -0.05) is 19.4 Å². The molecule has 0 aliphatic carbocycles. The van der Waals surface area contributed by atoms with Gasteiger partial charge in [0, 0.05) is 31.4 Å². The Hall–Kier alpha value is -2.31. The monoisotopic (exact) mass is 390 g/mol. The Balaban J connectivity index is 1.99. The molecule has 0 amide bonds. The van der Waals surface area contributed by atoms with Crippen molar-refractivity contribution in [3.8, 4) is 5.88 Å². The van der Waals surface area contributed by atoms with Crippen LogP contribution in [0.25, 0.3) is 0 Å². The first kappa shape index (κ1) is 22.0. The molecule has 7 heteroatoms. The molecule has 0 saturated carbocycles. The predicted molar refractivity (Wildman–Crippen MR) is 110 cm³/mol. The summed E-state index contributed by atoms with van der Waals surface area (Å²) in [4.78, 5) is 23.3. The van der Waals surface area contributed by atoms with Crippen molar-refractivity contribution < 1.29 is 14.3 Å². The van der Waals surface area contributed by atoms with E-state index in [4.69, 9.17) is 14.5 Å². The van der Waals surface area contributed by atoms with Crippen LogP contribution in [0.1, 0.15) is 52.0 Å². The Labute approximate surface area is 168 Å². The smallest absolute Gasteiger partial charge is 0.309 e. The van der Waals surface area contributed by atoms with Crippen molar-refractivity contribution in [2.75, 3.05) is 32.8 Å². The van der Waals surface area contributed by atoms with E-state index in [1.165, 1.54) is 0 Å². The fourth-order valence-corrected chi connectivity index (χ4v) is 3.16. The summed E-state index contributed by atoms with van der Waals surface area (Å²) in [6.45, 7) is 10.1. The molecule has 1 aliphatic rings. The number of nitrogens with one attached hydrogen (secondary N) is 1. The maximum Gasteiger partial charge on any atom is 0.309 e. The molecule has 2 heterocycles. The van der Waals surface area contributed by atoms with Crippen LogP contribution >= 0.6 is 0 Å². The largest absolute Gasteiger partial charge is 0.477 e. The van der Waals surface area contributed by atoms with Gasteiger partial charge in [0.25, 0.3) is 0 Å². The summed E-state index contributed by atoms with van der Waals surface area (Å²) in [6.07, 6.45) is 5.44. The highest BCUT2D eigenvalue weighted by molar-refractivity contribution is 5.80. The Morgan fingerprint density at radius 3 is 2.79 bits per heavy atom. The molecule has 1 fully saturated rings. The number of aromatic nitrogens is 1. The number of esters is 1. The number of hydrogen-bond acceptors (Lipinski definition) is 5. The molecule has 2 rings (SSSR count). The lowest BCUT2D eigenvalue weighted by Gasteiger charge is -2.33. The van der Waals surface area contributed by atoms with E-state index in [0.717, 1.165) is 56.8 Å². The molecular formula is C21H34N4O3. The zero-order valence-electron chi connectivity index (χ0n) is 17.4. The van der Waals surface area contributed by atoms with Gasteiger partial charge < -0.3 is 19.7 Å². The lowest BCUT2D eigenvalue weighted by molar-refractivity contribution is -0.149. The highest BCUT2D eigenvalue weighted by atomic mass is 16.5. The number of unbranched alkanes of at least 4 members (excludes halogenated alkanes) is 1. The third kappa shape index (κ3) is 6.69. The Morgan fingerprint density at radius 1 is 1.32 bits per heavy atom. The first-order valence-electron chi connectivity index (χ1n) is 10.5. The summed E-state index contributed by atoms with van der Waals surface area (Å²) in [7, 11) is 0. The number of piperidine rings is 1. The molecule has 0 bridgehead atoms. The van der Waals surface area contributed by atoms with Crippen molar-refractivity contribution in [1.29, 1.82) is 0 Å². The minimum atomic E-state index is -0.0756. The normalized spacial score (nSPS) is 15.4. The lowest BCUT2D eigenvalue weighted by Crippen LogP contribution is -2.46. The number of carbonyl (C=O) groups is 1. The molecule has 1 saturated heterocycles. The van der Waals surface area contributed by atoms with Gasteiger partial charge in [-0.2, -0.15) is 0 Å². The number of aliphatic imine (C=N–C) groups is 1. The van der Waals surface area contributed by atoms with Gasteiger partial charge in [-0.05, 0) is 39.2 Å². The van der Waals surface area contributed by atoms with Crippen LogP contribution in [0.2, 0.25) is 0 Å². The van der Waals surface area contributed by atoms with Crippen LogP contribution in [0.3, 0.4) is 0 Å². The molecule has 28 heavy (non-hydrogen) atoms. The Morgan fingerprint density at radius 2 is 2.11 bits per heavy atom. The highest BCUT2D eigenvalue weighted by Crippen LogP contribution is 2.20. The van der Waals surface area contributed by atoms with Gasteiger partial charge >= 0.3 is 5.97 Å². The fourth-order valence-electron chi connectivity index (χ4n) is 3.16. The maximum absolute atomic E-state index is 11.9. The van der Waals surface area contributed by atoms with Gasteiger partial charge in [0.1, 0.15) is 0 Å². The molecule has 7 nitrogen and oxygen atoms in total. The van der Waals surface area contributed by atoms with Crippen LogP contribution in [0.15, 0.2) is 23.3 Å². The summed E-state index contributed by atoms with van der Waals surface area (Å²) >= 11 is 0. The number of hydrogen-bond donors (Lipinski definition) is 1. The zero-order chi connectivity index (χ0) is 20.2. The molecule has 0 unspecified atom stereocenters. The van der Waals surface area contributed by atoms with Crippen LogP contribution in [-0.4, -0.2) is 54.7 Å². The SMILES string of the molecule is CCCCOc1ncccc1CN=C(NCC)N1CCC(C(=O)OCC)CC1. The van der Waals surface area contributed by atoms with E-state index in [1.54, 1.807) is 6.20 Å². The van der Waals surface area contributed by atoms with E-state index < -0.39 is 0 Å². The van der Waals surface area contributed by atoms with E-state index in [1.807, 2.05) is 19.1 Å².